The van der Waals surface area contributed by atoms with Gasteiger partial charge in [-0.1, -0.05) is 20.8 Å². The Morgan fingerprint density at radius 1 is 1.35 bits per heavy atom. The number of amides is 1. The third-order valence-corrected chi connectivity index (χ3v) is 2.98. The predicted octanol–water partition coefficient (Wildman–Crippen LogP) is 3.40. The molecule has 1 aromatic rings. The molecule has 1 heterocycles. The Bertz CT molecular complexity index is 402. The number of aryl methyl sites for hydroxylation is 1. The standard InChI is InChI=1S/C13H22N2OS/c1-9-7-10(15-17-9)11(16)14-13(5,6)8-12(2,3)4/h7H,8H2,1-6H3,(H,14,16). The van der Waals surface area contributed by atoms with E-state index in [1.165, 1.54) is 11.5 Å². The van der Waals surface area contributed by atoms with Crippen LogP contribution in [0.15, 0.2) is 6.07 Å². The summed E-state index contributed by atoms with van der Waals surface area (Å²) in [6, 6.07) is 1.83. The van der Waals surface area contributed by atoms with Gasteiger partial charge < -0.3 is 5.32 Å². The van der Waals surface area contributed by atoms with E-state index in [9.17, 15) is 4.79 Å². The lowest BCUT2D eigenvalue weighted by Crippen LogP contribution is -2.45. The van der Waals surface area contributed by atoms with Gasteiger partial charge in [-0.15, -0.1) is 0 Å². The van der Waals surface area contributed by atoms with Crippen molar-refractivity contribution in [2.24, 2.45) is 5.41 Å². The van der Waals surface area contributed by atoms with Crippen LogP contribution in [0.3, 0.4) is 0 Å². The van der Waals surface area contributed by atoms with Gasteiger partial charge in [0.2, 0.25) is 0 Å². The molecule has 0 unspecified atom stereocenters. The highest BCUT2D eigenvalue weighted by atomic mass is 32.1. The zero-order valence-corrected chi connectivity index (χ0v) is 12.4. The highest BCUT2D eigenvalue weighted by molar-refractivity contribution is 7.05. The minimum absolute atomic E-state index is 0.0800. The van der Waals surface area contributed by atoms with Gasteiger partial charge in [0.05, 0.1) is 0 Å². The van der Waals surface area contributed by atoms with Crippen LogP contribution in [0, 0.1) is 12.3 Å². The van der Waals surface area contributed by atoms with Crippen molar-refractivity contribution in [1.29, 1.82) is 0 Å². The van der Waals surface area contributed by atoms with Crippen molar-refractivity contribution in [1.82, 2.24) is 9.69 Å². The van der Waals surface area contributed by atoms with Gasteiger partial charge in [0.25, 0.3) is 5.91 Å². The Morgan fingerprint density at radius 3 is 2.35 bits per heavy atom. The average Bonchev–Trinajstić information content (AvgIpc) is 2.45. The molecule has 0 fully saturated rings. The molecule has 96 valence electrons. The molecule has 0 atom stereocenters. The molecule has 4 heteroatoms. The van der Waals surface area contributed by atoms with Crippen LogP contribution in [0.4, 0.5) is 0 Å². The van der Waals surface area contributed by atoms with Crippen molar-refractivity contribution in [3.05, 3.63) is 16.6 Å². The first-order chi connectivity index (χ1) is 7.59. The van der Waals surface area contributed by atoms with Gasteiger partial charge in [-0.2, -0.15) is 4.37 Å². The molecular weight excluding hydrogens is 232 g/mol. The lowest BCUT2D eigenvalue weighted by Gasteiger charge is -2.33. The zero-order valence-electron chi connectivity index (χ0n) is 11.5. The largest absolute Gasteiger partial charge is 0.346 e. The van der Waals surface area contributed by atoms with Crippen LogP contribution in [0.5, 0.6) is 0 Å². The van der Waals surface area contributed by atoms with E-state index in [0.29, 0.717) is 5.69 Å². The Labute approximate surface area is 108 Å². The van der Waals surface area contributed by atoms with Gasteiger partial charge in [-0.3, -0.25) is 4.79 Å². The molecular formula is C13H22N2OS. The molecule has 1 amide bonds. The SMILES string of the molecule is Cc1cc(C(=O)NC(C)(C)CC(C)(C)C)ns1. The smallest absolute Gasteiger partial charge is 0.271 e. The first kappa shape index (κ1) is 14.2. The Balaban J connectivity index is 2.68. The molecule has 17 heavy (non-hydrogen) atoms. The number of rotatable bonds is 3. The first-order valence-electron chi connectivity index (χ1n) is 5.85. The van der Waals surface area contributed by atoms with E-state index in [2.05, 4.69) is 44.3 Å². The van der Waals surface area contributed by atoms with Crippen molar-refractivity contribution < 1.29 is 4.79 Å². The van der Waals surface area contributed by atoms with E-state index in [1.807, 2.05) is 13.0 Å². The van der Waals surface area contributed by atoms with E-state index < -0.39 is 0 Å². The Morgan fingerprint density at radius 2 is 1.94 bits per heavy atom. The Hall–Kier alpha value is -0.900. The number of carbonyl (C=O) groups excluding carboxylic acids is 1. The quantitative estimate of drug-likeness (QED) is 0.898. The van der Waals surface area contributed by atoms with E-state index >= 15 is 0 Å². The van der Waals surface area contributed by atoms with E-state index in [1.54, 1.807) is 0 Å². The number of hydrogen-bond acceptors (Lipinski definition) is 3. The molecule has 0 saturated carbocycles. The van der Waals surface area contributed by atoms with E-state index in [0.717, 1.165) is 11.3 Å². The summed E-state index contributed by atoms with van der Waals surface area (Å²) < 4.78 is 4.13. The summed E-state index contributed by atoms with van der Waals surface area (Å²) in [4.78, 5) is 13.1. The highest BCUT2D eigenvalue weighted by Gasteiger charge is 2.27. The maximum Gasteiger partial charge on any atom is 0.271 e. The molecule has 0 aromatic carbocycles. The number of hydrogen-bond donors (Lipinski definition) is 1. The summed E-state index contributed by atoms with van der Waals surface area (Å²) in [5.74, 6) is -0.0800. The molecule has 0 aliphatic carbocycles. The summed E-state index contributed by atoms with van der Waals surface area (Å²) in [6.45, 7) is 12.6. The van der Waals surface area contributed by atoms with Gasteiger partial charge in [0.15, 0.2) is 0 Å². The molecule has 0 radical (unpaired) electrons. The van der Waals surface area contributed by atoms with Crippen molar-refractivity contribution in [2.75, 3.05) is 0 Å². The zero-order chi connectivity index (χ0) is 13.3. The Kier molecular flexibility index (Phi) is 3.97. The summed E-state index contributed by atoms with van der Waals surface area (Å²) in [5, 5.41) is 3.05. The summed E-state index contributed by atoms with van der Waals surface area (Å²) in [6.07, 6.45) is 0.925. The number of nitrogens with one attached hydrogen (secondary N) is 1. The fourth-order valence-corrected chi connectivity index (χ4v) is 2.76. The maximum atomic E-state index is 12.0. The van der Waals surface area contributed by atoms with Crippen molar-refractivity contribution >= 4 is 17.4 Å². The van der Waals surface area contributed by atoms with Crippen LogP contribution < -0.4 is 5.32 Å². The number of aromatic nitrogens is 1. The molecule has 0 saturated heterocycles. The summed E-state index contributed by atoms with van der Waals surface area (Å²) >= 11 is 1.36. The van der Waals surface area contributed by atoms with Crippen LogP contribution >= 0.6 is 11.5 Å². The lowest BCUT2D eigenvalue weighted by molar-refractivity contribution is 0.0887. The van der Waals surface area contributed by atoms with E-state index in [-0.39, 0.29) is 16.9 Å². The second kappa shape index (κ2) is 4.77. The maximum absolute atomic E-state index is 12.0. The van der Waals surface area contributed by atoms with Crippen LogP contribution in [0.25, 0.3) is 0 Å². The average molecular weight is 254 g/mol. The van der Waals surface area contributed by atoms with Crippen LogP contribution in [0.2, 0.25) is 0 Å². The fraction of sp³-hybridized carbons (Fsp3) is 0.692. The second-order valence-corrected chi connectivity index (χ2v) is 7.41. The monoisotopic (exact) mass is 254 g/mol. The first-order valence-corrected chi connectivity index (χ1v) is 6.62. The molecule has 3 nitrogen and oxygen atoms in total. The molecule has 0 bridgehead atoms. The van der Waals surface area contributed by atoms with Crippen LogP contribution in [-0.2, 0) is 0 Å². The molecule has 0 spiro atoms. The van der Waals surface area contributed by atoms with Gasteiger partial charge in [0.1, 0.15) is 5.69 Å². The molecule has 0 aliphatic heterocycles. The van der Waals surface area contributed by atoms with Gasteiger partial charge in [-0.25, -0.2) is 0 Å². The third-order valence-electron chi connectivity index (χ3n) is 2.28. The molecule has 1 N–H and O–H groups in total. The molecule has 1 aromatic heterocycles. The van der Waals surface area contributed by atoms with Crippen molar-refractivity contribution in [2.45, 2.75) is 53.5 Å². The van der Waals surface area contributed by atoms with Gasteiger partial charge >= 0.3 is 0 Å². The van der Waals surface area contributed by atoms with Crippen LogP contribution in [-0.4, -0.2) is 15.8 Å². The minimum atomic E-state index is -0.215. The lowest BCUT2D eigenvalue weighted by atomic mass is 9.82. The minimum Gasteiger partial charge on any atom is -0.346 e. The van der Waals surface area contributed by atoms with Gasteiger partial charge in [0, 0.05) is 10.4 Å². The molecule has 0 aliphatic rings. The molecule has 1 rings (SSSR count). The predicted molar refractivity (Wildman–Crippen MR) is 72.5 cm³/mol. The number of carbonyl (C=O) groups is 1. The van der Waals surface area contributed by atoms with Crippen molar-refractivity contribution in [3.63, 3.8) is 0 Å². The van der Waals surface area contributed by atoms with E-state index in [4.69, 9.17) is 0 Å². The van der Waals surface area contributed by atoms with Crippen LogP contribution in [0.1, 0.15) is 56.4 Å². The highest BCUT2D eigenvalue weighted by Crippen LogP contribution is 2.27. The van der Waals surface area contributed by atoms with Gasteiger partial charge in [-0.05, 0) is 50.2 Å². The summed E-state index contributed by atoms with van der Waals surface area (Å²) in [5.41, 5.74) is 0.497. The summed E-state index contributed by atoms with van der Waals surface area (Å²) in [7, 11) is 0. The third kappa shape index (κ3) is 4.86. The second-order valence-electron chi connectivity index (χ2n) is 6.40. The number of nitrogens with zero attached hydrogens (tertiary/aromatic N) is 1. The normalized spacial score (nSPS) is 12.6. The topological polar surface area (TPSA) is 42.0 Å². The fourth-order valence-electron chi connectivity index (χ4n) is 2.21. The van der Waals surface area contributed by atoms with Crippen molar-refractivity contribution in [3.8, 4) is 0 Å².